The number of hydrogen-bond acceptors (Lipinski definition) is 2. The third-order valence-electron chi connectivity index (χ3n) is 1.77. The molecule has 0 amide bonds. The number of methoxy groups -OCH3 is 1. The second-order valence-corrected chi connectivity index (χ2v) is 2.80. The summed E-state index contributed by atoms with van der Waals surface area (Å²) in [4.78, 5) is 11.0. The molecule has 1 aromatic carbocycles. The monoisotopic (exact) mass is 221 g/mol. The van der Waals surface area contributed by atoms with E-state index < -0.39 is 29.8 Å². The minimum atomic E-state index is -5.44. The Morgan fingerprint density at radius 1 is 1.33 bits per heavy atom. The maximum Gasteiger partial charge on any atom is 0.510 e. The molecule has 0 spiro atoms. The standard InChI is InChI=1S/C8H6BF4O2/c1-15-8(14)6-3-2-5(10)4-7(6)9(11,12)13/h2-4H,1H3/q-1. The van der Waals surface area contributed by atoms with Gasteiger partial charge in [-0.25, -0.2) is 9.18 Å². The van der Waals surface area contributed by atoms with Crippen LogP contribution in [0.3, 0.4) is 0 Å². The van der Waals surface area contributed by atoms with Crippen molar-refractivity contribution in [2.75, 3.05) is 7.11 Å². The van der Waals surface area contributed by atoms with Crippen LogP contribution in [0.15, 0.2) is 18.2 Å². The largest absolute Gasteiger partial charge is 0.510 e. The van der Waals surface area contributed by atoms with E-state index in [1.54, 1.807) is 0 Å². The Morgan fingerprint density at radius 2 is 1.93 bits per heavy atom. The van der Waals surface area contributed by atoms with Crippen LogP contribution in [0.5, 0.6) is 0 Å². The van der Waals surface area contributed by atoms with E-state index in [4.69, 9.17) is 0 Å². The lowest BCUT2D eigenvalue weighted by molar-refractivity contribution is 0.0601. The van der Waals surface area contributed by atoms with E-state index in [2.05, 4.69) is 4.74 Å². The van der Waals surface area contributed by atoms with Crippen LogP contribution in [0.25, 0.3) is 0 Å². The molecule has 0 atom stereocenters. The first kappa shape index (κ1) is 11.5. The van der Waals surface area contributed by atoms with E-state index >= 15 is 0 Å². The average molecular weight is 221 g/mol. The van der Waals surface area contributed by atoms with E-state index in [-0.39, 0.29) is 6.07 Å². The Bertz CT molecular complexity index is 389. The summed E-state index contributed by atoms with van der Waals surface area (Å²) in [5.74, 6) is -2.18. The summed E-state index contributed by atoms with van der Waals surface area (Å²) in [6.07, 6.45) is 0. The quantitative estimate of drug-likeness (QED) is 0.431. The topological polar surface area (TPSA) is 26.3 Å². The van der Waals surface area contributed by atoms with Crippen LogP contribution >= 0.6 is 0 Å². The van der Waals surface area contributed by atoms with Crippen molar-refractivity contribution in [3.8, 4) is 0 Å². The average Bonchev–Trinajstić information content (AvgIpc) is 2.15. The Labute approximate surface area is 82.9 Å². The number of carbonyl (C=O) groups is 1. The van der Waals surface area contributed by atoms with Gasteiger partial charge in [0, 0.05) is 5.56 Å². The van der Waals surface area contributed by atoms with E-state index in [1.807, 2.05) is 0 Å². The van der Waals surface area contributed by atoms with Crippen LogP contribution in [-0.4, -0.2) is 20.1 Å². The summed E-state index contributed by atoms with van der Waals surface area (Å²) >= 11 is 0. The Balaban J connectivity index is 3.33. The third kappa shape index (κ3) is 2.48. The van der Waals surface area contributed by atoms with Gasteiger partial charge in [0.05, 0.1) is 7.11 Å². The molecule has 0 aliphatic heterocycles. The van der Waals surface area contributed by atoms with Crippen molar-refractivity contribution in [2.24, 2.45) is 0 Å². The van der Waals surface area contributed by atoms with Crippen molar-refractivity contribution in [3.05, 3.63) is 29.6 Å². The molecule has 0 fully saturated rings. The molecule has 0 N–H and O–H groups in total. The number of benzene rings is 1. The van der Waals surface area contributed by atoms with E-state index in [0.29, 0.717) is 0 Å². The van der Waals surface area contributed by atoms with Crippen LogP contribution in [-0.2, 0) is 4.74 Å². The molecule has 0 radical (unpaired) electrons. The van der Waals surface area contributed by atoms with E-state index in [1.165, 1.54) is 0 Å². The fraction of sp³-hybridized carbons (Fsp3) is 0.125. The van der Waals surface area contributed by atoms with Gasteiger partial charge in [-0.3, -0.25) is 0 Å². The fourth-order valence-corrected chi connectivity index (χ4v) is 1.10. The van der Waals surface area contributed by atoms with Gasteiger partial charge in [0.1, 0.15) is 5.82 Å². The van der Waals surface area contributed by atoms with Gasteiger partial charge in [-0.15, -0.1) is 0 Å². The molecule has 82 valence electrons. The highest BCUT2D eigenvalue weighted by Crippen LogP contribution is 2.14. The molecular weight excluding hydrogens is 215 g/mol. The minimum Gasteiger partial charge on any atom is -0.465 e. The van der Waals surface area contributed by atoms with Crippen LogP contribution in [0.2, 0.25) is 0 Å². The SMILES string of the molecule is COC(=O)c1ccc(F)cc1[B-](F)(F)F. The van der Waals surface area contributed by atoms with Gasteiger partial charge in [0.25, 0.3) is 0 Å². The van der Waals surface area contributed by atoms with E-state index in [0.717, 1.165) is 19.2 Å². The number of hydrogen-bond donors (Lipinski definition) is 0. The molecule has 0 saturated heterocycles. The van der Waals surface area contributed by atoms with Gasteiger partial charge >= 0.3 is 12.9 Å². The van der Waals surface area contributed by atoms with Gasteiger partial charge in [-0.2, -0.15) is 0 Å². The molecule has 0 unspecified atom stereocenters. The first-order valence-electron chi connectivity index (χ1n) is 3.94. The summed E-state index contributed by atoms with van der Waals surface area (Å²) in [5.41, 5.74) is -1.95. The Kier molecular flexibility index (Phi) is 3.02. The smallest absolute Gasteiger partial charge is 0.465 e. The van der Waals surface area contributed by atoms with Crippen molar-refractivity contribution in [3.63, 3.8) is 0 Å². The highest BCUT2D eigenvalue weighted by molar-refractivity contribution is 6.74. The summed E-state index contributed by atoms with van der Waals surface area (Å²) in [6, 6.07) is 1.82. The number of rotatable bonds is 2. The predicted octanol–water partition coefficient (Wildman–Crippen LogP) is 1.67. The van der Waals surface area contributed by atoms with E-state index in [9.17, 15) is 22.1 Å². The molecule has 0 aliphatic carbocycles. The van der Waals surface area contributed by atoms with Gasteiger partial charge in [0.2, 0.25) is 0 Å². The van der Waals surface area contributed by atoms with Crippen LogP contribution in [0.1, 0.15) is 10.4 Å². The van der Waals surface area contributed by atoms with Gasteiger partial charge in [0.15, 0.2) is 0 Å². The lowest BCUT2D eigenvalue weighted by Gasteiger charge is -2.18. The molecule has 0 saturated carbocycles. The maximum absolute atomic E-state index is 12.6. The van der Waals surface area contributed by atoms with Gasteiger partial charge in [-0.1, -0.05) is 11.5 Å². The predicted molar refractivity (Wildman–Crippen MR) is 46.5 cm³/mol. The number of ether oxygens (including phenoxy) is 1. The summed E-state index contributed by atoms with van der Waals surface area (Å²) in [7, 11) is 0.957. The zero-order valence-corrected chi connectivity index (χ0v) is 7.64. The summed E-state index contributed by atoms with van der Waals surface area (Å²) < 4.78 is 54.0. The van der Waals surface area contributed by atoms with Crippen molar-refractivity contribution in [1.29, 1.82) is 0 Å². The second-order valence-electron chi connectivity index (χ2n) is 2.80. The van der Waals surface area contributed by atoms with Crippen LogP contribution < -0.4 is 5.46 Å². The lowest BCUT2D eigenvalue weighted by atomic mass is 9.77. The fourth-order valence-electron chi connectivity index (χ4n) is 1.10. The molecule has 0 heterocycles. The van der Waals surface area contributed by atoms with Crippen molar-refractivity contribution < 1.29 is 26.9 Å². The molecule has 1 rings (SSSR count). The van der Waals surface area contributed by atoms with Crippen LogP contribution in [0, 0.1) is 5.82 Å². The molecule has 7 heteroatoms. The maximum atomic E-state index is 12.6. The third-order valence-corrected chi connectivity index (χ3v) is 1.77. The van der Waals surface area contributed by atoms with Crippen LogP contribution in [0.4, 0.5) is 17.3 Å². The molecule has 2 nitrogen and oxygen atoms in total. The Morgan fingerprint density at radius 3 is 2.40 bits per heavy atom. The summed E-state index contributed by atoms with van der Waals surface area (Å²) in [6.45, 7) is -5.44. The molecule has 15 heavy (non-hydrogen) atoms. The zero-order chi connectivity index (χ0) is 11.6. The first-order valence-corrected chi connectivity index (χ1v) is 3.94. The van der Waals surface area contributed by atoms with Gasteiger partial charge < -0.3 is 17.7 Å². The number of halogens is 4. The van der Waals surface area contributed by atoms with Gasteiger partial charge in [-0.05, 0) is 12.1 Å². The molecule has 0 aromatic heterocycles. The second kappa shape index (κ2) is 3.92. The lowest BCUT2D eigenvalue weighted by Crippen LogP contribution is -2.38. The molecule has 0 bridgehead atoms. The Hall–Kier alpha value is -1.53. The zero-order valence-electron chi connectivity index (χ0n) is 7.64. The number of carbonyl (C=O) groups excluding carboxylic acids is 1. The highest BCUT2D eigenvalue weighted by Gasteiger charge is 2.31. The minimum absolute atomic E-state index is 0.284. The first-order chi connectivity index (χ1) is 6.86. The molecule has 0 aliphatic rings. The molecular formula is C8H6BF4O2-. The van der Waals surface area contributed by atoms with Crippen molar-refractivity contribution in [1.82, 2.24) is 0 Å². The number of esters is 1. The normalized spacial score (nSPS) is 11.3. The van der Waals surface area contributed by atoms with Crippen molar-refractivity contribution in [2.45, 2.75) is 0 Å². The highest BCUT2D eigenvalue weighted by atomic mass is 19.4. The molecule has 1 aromatic rings. The van der Waals surface area contributed by atoms with Crippen molar-refractivity contribution >= 4 is 18.4 Å². The summed E-state index contributed by atoms with van der Waals surface area (Å²) in [5, 5.41) is 0.